The zero-order chi connectivity index (χ0) is 15.0. The van der Waals surface area contributed by atoms with Crippen molar-refractivity contribution in [2.45, 2.75) is 25.3 Å². The minimum absolute atomic E-state index is 0.0459. The van der Waals surface area contributed by atoms with Crippen LogP contribution in [0, 0.1) is 9.49 Å². The first-order valence-corrected chi connectivity index (χ1v) is 8.38. The highest BCUT2D eigenvalue weighted by atomic mass is 127. The van der Waals surface area contributed by atoms with E-state index < -0.39 is 5.97 Å². The van der Waals surface area contributed by atoms with Crippen molar-refractivity contribution in [3.05, 3.63) is 26.2 Å². The number of halogens is 2. The van der Waals surface area contributed by atoms with Crippen molar-refractivity contribution in [1.82, 2.24) is 20.2 Å². The highest BCUT2D eigenvalue weighted by Gasteiger charge is 2.36. The van der Waals surface area contributed by atoms with Crippen molar-refractivity contribution in [2.24, 2.45) is 5.92 Å². The van der Waals surface area contributed by atoms with E-state index in [-0.39, 0.29) is 12.5 Å². The molecule has 2 aromatic rings. The third kappa shape index (κ3) is 3.25. The topological polar surface area (TPSA) is 80.9 Å². The number of nitrogens with zero attached hydrogens (tertiary/aromatic N) is 4. The first kappa shape index (κ1) is 14.9. The van der Waals surface area contributed by atoms with E-state index in [1.54, 1.807) is 4.68 Å². The Balaban J connectivity index is 2.03. The molecule has 110 valence electrons. The van der Waals surface area contributed by atoms with Crippen molar-refractivity contribution in [1.29, 1.82) is 0 Å². The summed E-state index contributed by atoms with van der Waals surface area (Å²) in [6, 6.07) is 5.73. The molecule has 0 bridgehead atoms. The normalized spacial score (nSPS) is 15.9. The molecule has 1 saturated carbocycles. The van der Waals surface area contributed by atoms with E-state index >= 15 is 0 Å². The standard InChI is InChI=1S/C13H12BrIN4O2/c14-10-4-3-8(15)5-9(10)13-16-17-18-19(13)11(6-12(20)21)7-1-2-7/h3-5,7,11H,1-2,6H2,(H,20,21). The second kappa shape index (κ2) is 5.99. The van der Waals surface area contributed by atoms with E-state index in [9.17, 15) is 4.79 Å². The summed E-state index contributed by atoms with van der Waals surface area (Å²) in [6.45, 7) is 0. The van der Waals surface area contributed by atoms with E-state index in [0.717, 1.165) is 26.4 Å². The Morgan fingerprint density at radius 1 is 1.52 bits per heavy atom. The minimum Gasteiger partial charge on any atom is -0.481 e. The number of hydrogen-bond acceptors (Lipinski definition) is 4. The molecular formula is C13H12BrIN4O2. The number of carboxylic acids is 1. The van der Waals surface area contributed by atoms with Gasteiger partial charge in [0.2, 0.25) is 0 Å². The molecule has 1 aromatic carbocycles. The summed E-state index contributed by atoms with van der Waals surface area (Å²) in [5.41, 5.74) is 0.878. The van der Waals surface area contributed by atoms with E-state index in [1.165, 1.54) is 0 Å². The first-order valence-electron chi connectivity index (χ1n) is 6.51. The van der Waals surface area contributed by atoms with E-state index in [2.05, 4.69) is 54.0 Å². The molecule has 0 radical (unpaired) electrons. The largest absolute Gasteiger partial charge is 0.481 e. The Bertz CT molecular complexity index is 687. The van der Waals surface area contributed by atoms with Gasteiger partial charge in [-0.05, 0) is 70.0 Å². The fraction of sp³-hybridized carbons (Fsp3) is 0.385. The lowest BCUT2D eigenvalue weighted by Crippen LogP contribution is -2.18. The van der Waals surface area contributed by atoms with Crippen LogP contribution < -0.4 is 0 Å². The summed E-state index contributed by atoms with van der Waals surface area (Å²) in [4.78, 5) is 11.1. The zero-order valence-electron chi connectivity index (χ0n) is 10.9. The summed E-state index contributed by atoms with van der Waals surface area (Å²) in [7, 11) is 0. The monoisotopic (exact) mass is 462 g/mol. The number of carboxylic acid groups (broad SMARTS) is 1. The van der Waals surface area contributed by atoms with Crippen LogP contribution in [0.3, 0.4) is 0 Å². The molecule has 1 N–H and O–H groups in total. The van der Waals surface area contributed by atoms with Gasteiger partial charge in [0.25, 0.3) is 0 Å². The quantitative estimate of drug-likeness (QED) is 0.690. The van der Waals surface area contributed by atoms with Crippen molar-refractivity contribution in [3.63, 3.8) is 0 Å². The molecule has 1 unspecified atom stereocenters. The summed E-state index contributed by atoms with van der Waals surface area (Å²) in [5, 5.41) is 21.0. The van der Waals surface area contributed by atoms with Gasteiger partial charge in [0.15, 0.2) is 5.82 Å². The molecule has 1 aromatic heterocycles. The minimum atomic E-state index is -0.824. The molecule has 1 heterocycles. The lowest BCUT2D eigenvalue weighted by Gasteiger charge is -2.16. The molecule has 6 nitrogen and oxygen atoms in total. The molecule has 1 aliphatic rings. The van der Waals surface area contributed by atoms with Crippen LogP contribution >= 0.6 is 38.5 Å². The molecule has 8 heteroatoms. The summed E-state index contributed by atoms with van der Waals surface area (Å²) < 4.78 is 3.63. The highest BCUT2D eigenvalue weighted by Crippen LogP contribution is 2.43. The van der Waals surface area contributed by atoms with E-state index in [0.29, 0.717) is 11.7 Å². The van der Waals surface area contributed by atoms with Crippen LogP contribution in [0.5, 0.6) is 0 Å². The predicted octanol–water partition coefficient (Wildman–Crippen LogP) is 3.13. The van der Waals surface area contributed by atoms with Gasteiger partial charge in [-0.1, -0.05) is 15.9 Å². The Morgan fingerprint density at radius 2 is 2.29 bits per heavy atom. The summed E-state index contributed by atoms with van der Waals surface area (Å²) in [6.07, 6.45) is 2.11. The molecule has 0 spiro atoms. The first-order chi connectivity index (χ1) is 10.1. The Labute approximate surface area is 143 Å². The lowest BCUT2D eigenvalue weighted by atomic mass is 10.1. The van der Waals surface area contributed by atoms with Crippen LogP contribution in [-0.2, 0) is 4.79 Å². The maximum absolute atomic E-state index is 11.1. The Morgan fingerprint density at radius 3 is 2.95 bits per heavy atom. The zero-order valence-corrected chi connectivity index (χ0v) is 14.7. The lowest BCUT2D eigenvalue weighted by molar-refractivity contribution is -0.138. The maximum Gasteiger partial charge on any atom is 0.305 e. The molecule has 1 atom stereocenters. The second-order valence-corrected chi connectivity index (χ2v) is 7.17. The molecule has 0 amide bonds. The number of carbonyl (C=O) groups is 1. The molecule has 0 saturated heterocycles. The van der Waals surface area contributed by atoms with E-state index in [4.69, 9.17) is 5.11 Å². The van der Waals surface area contributed by atoms with Gasteiger partial charge in [-0.15, -0.1) is 5.10 Å². The number of aromatic nitrogens is 4. The molecule has 21 heavy (non-hydrogen) atoms. The Hall–Kier alpha value is -1.03. The number of tetrazole rings is 1. The van der Waals surface area contributed by atoms with Gasteiger partial charge >= 0.3 is 5.97 Å². The SMILES string of the molecule is O=C(O)CC(C1CC1)n1nnnc1-c1cc(I)ccc1Br. The number of rotatable bonds is 5. The highest BCUT2D eigenvalue weighted by molar-refractivity contribution is 14.1. The smallest absolute Gasteiger partial charge is 0.305 e. The van der Waals surface area contributed by atoms with Gasteiger partial charge in [0.1, 0.15) is 0 Å². The van der Waals surface area contributed by atoms with Crippen LogP contribution in [0.15, 0.2) is 22.7 Å². The van der Waals surface area contributed by atoms with Gasteiger partial charge in [-0.2, -0.15) is 0 Å². The third-order valence-corrected chi connectivity index (χ3v) is 4.89. The van der Waals surface area contributed by atoms with Crippen molar-refractivity contribution < 1.29 is 9.90 Å². The molecule has 0 aliphatic heterocycles. The van der Waals surface area contributed by atoms with Crippen LogP contribution in [0.25, 0.3) is 11.4 Å². The summed E-state index contributed by atoms with van der Waals surface area (Å²) in [5.74, 6) is 0.138. The molecule has 3 rings (SSSR count). The van der Waals surface area contributed by atoms with Gasteiger partial charge in [0.05, 0.1) is 12.5 Å². The van der Waals surface area contributed by atoms with Crippen molar-refractivity contribution in [3.8, 4) is 11.4 Å². The average Bonchev–Trinajstić information content (AvgIpc) is 3.16. The van der Waals surface area contributed by atoms with Gasteiger partial charge < -0.3 is 5.11 Å². The van der Waals surface area contributed by atoms with Crippen LogP contribution in [0.4, 0.5) is 0 Å². The van der Waals surface area contributed by atoms with Gasteiger partial charge in [-0.3, -0.25) is 4.79 Å². The second-order valence-electron chi connectivity index (χ2n) is 5.07. The van der Waals surface area contributed by atoms with Crippen LogP contribution in [0.2, 0.25) is 0 Å². The number of aliphatic carboxylic acids is 1. The Kier molecular flexibility index (Phi) is 4.25. The maximum atomic E-state index is 11.1. The third-order valence-electron chi connectivity index (χ3n) is 3.53. The number of hydrogen-bond donors (Lipinski definition) is 1. The summed E-state index contributed by atoms with van der Waals surface area (Å²) >= 11 is 5.74. The van der Waals surface area contributed by atoms with Crippen molar-refractivity contribution >= 4 is 44.5 Å². The van der Waals surface area contributed by atoms with Crippen LogP contribution in [-0.4, -0.2) is 31.3 Å². The molecule has 1 fully saturated rings. The van der Waals surface area contributed by atoms with Crippen LogP contribution in [0.1, 0.15) is 25.3 Å². The predicted molar refractivity (Wildman–Crippen MR) is 87.7 cm³/mol. The fourth-order valence-electron chi connectivity index (χ4n) is 2.38. The average molecular weight is 463 g/mol. The number of benzene rings is 1. The fourth-order valence-corrected chi connectivity index (χ4v) is 3.29. The van der Waals surface area contributed by atoms with Gasteiger partial charge in [0, 0.05) is 13.6 Å². The van der Waals surface area contributed by atoms with E-state index in [1.807, 2.05) is 18.2 Å². The molecule has 1 aliphatic carbocycles. The van der Waals surface area contributed by atoms with Gasteiger partial charge in [-0.25, -0.2) is 4.68 Å². The molecular weight excluding hydrogens is 451 g/mol. The van der Waals surface area contributed by atoms with Crippen molar-refractivity contribution in [2.75, 3.05) is 0 Å².